The maximum absolute atomic E-state index is 13.3. The first kappa shape index (κ1) is 23.6. The molecule has 1 unspecified atom stereocenters. The maximum Gasteiger partial charge on any atom is 0.227 e. The van der Waals surface area contributed by atoms with Crippen molar-refractivity contribution in [1.82, 2.24) is 5.32 Å². The molecule has 34 heavy (non-hydrogen) atoms. The molecule has 0 fully saturated rings. The lowest BCUT2D eigenvalue weighted by Crippen LogP contribution is -2.36. The molecular weight excluding hydrogens is 424 g/mol. The summed E-state index contributed by atoms with van der Waals surface area (Å²) >= 11 is 0. The second-order valence-corrected chi connectivity index (χ2v) is 8.79. The van der Waals surface area contributed by atoms with E-state index >= 15 is 0 Å². The molecule has 1 aliphatic rings. The van der Waals surface area contributed by atoms with Crippen LogP contribution in [0.15, 0.2) is 78.9 Å². The molecule has 5 heteroatoms. The standard InChI is InChI=1S/C29H32N2O3/c1-22(24-12-6-3-7-13-24)20-28(33)31-18-9-15-25-14-8-16-26(29(25)31)34-19-17-30-27(32)21-23-10-4-2-5-11-23/h2-8,10-14,16,22H,9,15,17-21H2,1H3,(H,30,32). The lowest BCUT2D eigenvalue weighted by atomic mass is 9.95. The highest BCUT2D eigenvalue weighted by molar-refractivity contribution is 5.96. The van der Waals surface area contributed by atoms with E-state index in [-0.39, 0.29) is 17.7 Å². The van der Waals surface area contributed by atoms with Crippen molar-refractivity contribution >= 4 is 17.5 Å². The molecule has 3 aromatic carbocycles. The lowest BCUT2D eigenvalue weighted by molar-refractivity contribution is -0.120. The van der Waals surface area contributed by atoms with Crippen molar-refractivity contribution in [3.8, 4) is 5.75 Å². The highest BCUT2D eigenvalue weighted by Gasteiger charge is 2.27. The Kier molecular flexibility index (Phi) is 7.97. The smallest absolute Gasteiger partial charge is 0.227 e. The first-order valence-electron chi connectivity index (χ1n) is 12.0. The van der Waals surface area contributed by atoms with E-state index in [4.69, 9.17) is 4.74 Å². The van der Waals surface area contributed by atoms with E-state index in [2.05, 4.69) is 30.4 Å². The SMILES string of the molecule is CC(CC(=O)N1CCCc2cccc(OCCNC(=O)Cc3ccccc3)c21)c1ccccc1. The Labute approximate surface area is 201 Å². The van der Waals surface area contributed by atoms with E-state index < -0.39 is 0 Å². The molecule has 1 N–H and O–H groups in total. The predicted octanol–water partition coefficient (Wildman–Crippen LogP) is 4.90. The molecule has 0 saturated carbocycles. The average molecular weight is 457 g/mol. The quantitative estimate of drug-likeness (QED) is 0.466. The fourth-order valence-electron chi connectivity index (χ4n) is 4.45. The van der Waals surface area contributed by atoms with Crippen molar-refractivity contribution in [2.45, 2.75) is 38.5 Å². The van der Waals surface area contributed by atoms with Gasteiger partial charge < -0.3 is 15.0 Å². The number of carbonyl (C=O) groups excluding carboxylic acids is 2. The van der Waals surface area contributed by atoms with Gasteiger partial charge in [0.15, 0.2) is 0 Å². The Morgan fingerprint density at radius 2 is 1.71 bits per heavy atom. The number of ether oxygens (including phenoxy) is 1. The van der Waals surface area contributed by atoms with Gasteiger partial charge in [0.2, 0.25) is 11.8 Å². The number of benzene rings is 3. The monoisotopic (exact) mass is 456 g/mol. The number of fused-ring (bicyclic) bond motifs is 1. The Bertz CT molecular complexity index is 1100. The van der Waals surface area contributed by atoms with E-state index in [0.717, 1.165) is 29.7 Å². The zero-order valence-corrected chi connectivity index (χ0v) is 19.7. The molecule has 0 aromatic heterocycles. The molecule has 0 radical (unpaired) electrons. The minimum absolute atomic E-state index is 0.0309. The normalized spacial score (nSPS) is 13.6. The van der Waals surface area contributed by atoms with Gasteiger partial charge in [0.25, 0.3) is 0 Å². The zero-order valence-electron chi connectivity index (χ0n) is 19.7. The molecule has 0 spiro atoms. The van der Waals surface area contributed by atoms with Gasteiger partial charge >= 0.3 is 0 Å². The molecule has 1 atom stereocenters. The van der Waals surface area contributed by atoms with E-state index in [1.165, 1.54) is 5.56 Å². The summed E-state index contributed by atoms with van der Waals surface area (Å²) < 4.78 is 6.07. The molecule has 3 aromatic rings. The third-order valence-electron chi connectivity index (χ3n) is 6.22. The van der Waals surface area contributed by atoms with Crippen LogP contribution in [0.25, 0.3) is 0 Å². The summed E-state index contributed by atoms with van der Waals surface area (Å²) in [6, 6.07) is 25.8. The molecule has 0 saturated heterocycles. The van der Waals surface area contributed by atoms with Gasteiger partial charge in [-0.3, -0.25) is 9.59 Å². The Morgan fingerprint density at radius 1 is 0.971 bits per heavy atom. The van der Waals surface area contributed by atoms with Crippen LogP contribution in [0.1, 0.15) is 42.4 Å². The number of carbonyl (C=O) groups is 2. The van der Waals surface area contributed by atoms with Crippen molar-refractivity contribution in [3.63, 3.8) is 0 Å². The van der Waals surface area contributed by atoms with Gasteiger partial charge in [0.05, 0.1) is 18.7 Å². The van der Waals surface area contributed by atoms with Gasteiger partial charge in [-0.15, -0.1) is 0 Å². The van der Waals surface area contributed by atoms with E-state index in [1.54, 1.807) is 0 Å². The Morgan fingerprint density at radius 3 is 2.47 bits per heavy atom. The number of hydrogen-bond acceptors (Lipinski definition) is 3. The van der Waals surface area contributed by atoms with Crippen molar-refractivity contribution < 1.29 is 14.3 Å². The summed E-state index contributed by atoms with van der Waals surface area (Å²) in [6.45, 7) is 3.55. The third-order valence-corrected chi connectivity index (χ3v) is 6.22. The second kappa shape index (κ2) is 11.5. The largest absolute Gasteiger partial charge is 0.490 e. The molecule has 2 amide bonds. The summed E-state index contributed by atoms with van der Waals surface area (Å²) in [5, 5.41) is 2.92. The average Bonchev–Trinajstić information content (AvgIpc) is 2.87. The van der Waals surface area contributed by atoms with Crippen LogP contribution in [0.3, 0.4) is 0 Å². The minimum atomic E-state index is -0.0309. The van der Waals surface area contributed by atoms with Gasteiger partial charge in [-0.1, -0.05) is 79.7 Å². The van der Waals surface area contributed by atoms with Crippen LogP contribution in [0.2, 0.25) is 0 Å². The fourth-order valence-corrected chi connectivity index (χ4v) is 4.45. The van der Waals surface area contributed by atoms with Crippen LogP contribution in [0, 0.1) is 0 Å². The number of nitrogens with one attached hydrogen (secondary N) is 1. The third kappa shape index (κ3) is 6.04. The number of anilines is 1. The Balaban J connectivity index is 1.36. The topological polar surface area (TPSA) is 58.6 Å². The number of aryl methyl sites for hydroxylation is 1. The summed E-state index contributed by atoms with van der Waals surface area (Å²) in [5.74, 6) is 0.934. The summed E-state index contributed by atoms with van der Waals surface area (Å²) in [7, 11) is 0. The van der Waals surface area contributed by atoms with Crippen LogP contribution < -0.4 is 15.0 Å². The first-order chi connectivity index (χ1) is 16.6. The lowest BCUT2D eigenvalue weighted by Gasteiger charge is -2.32. The van der Waals surface area contributed by atoms with E-state index in [0.29, 0.717) is 38.3 Å². The molecule has 176 valence electrons. The predicted molar refractivity (Wildman–Crippen MR) is 135 cm³/mol. The number of hydrogen-bond donors (Lipinski definition) is 1. The molecule has 1 heterocycles. The van der Waals surface area contributed by atoms with Gasteiger partial charge in [-0.2, -0.15) is 0 Å². The van der Waals surface area contributed by atoms with Crippen LogP contribution in [-0.2, 0) is 22.4 Å². The second-order valence-electron chi connectivity index (χ2n) is 8.79. The summed E-state index contributed by atoms with van der Waals surface area (Å²) in [6.07, 6.45) is 2.67. The molecule has 5 nitrogen and oxygen atoms in total. The number of amides is 2. The zero-order chi connectivity index (χ0) is 23.8. The Hall–Kier alpha value is -3.60. The molecule has 1 aliphatic heterocycles. The minimum Gasteiger partial charge on any atom is -0.490 e. The van der Waals surface area contributed by atoms with Gasteiger partial charge in [0.1, 0.15) is 12.4 Å². The maximum atomic E-state index is 13.3. The van der Waals surface area contributed by atoms with Gasteiger partial charge in [-0.25, -0.2) is 0 Å². The van der Waals surface area contributed by atoms with Crippen molar-refractivity contribution in [2.75, 3.05) is 24.6 Å². The van der Waals surface area contributed by atoms with Crippen LogP contribution in [0.5, 0.6) is 5.75 Å². The molecular formula is C29H32N2O3. The van der Waals surface area contributed by atoms with E-state index in [9.17, 15) is 9.59 Å². The number of para-hydroxylation sites is 1. The summed E-state index contributed by atoms with van der Waals surface area (Å²) in [4.78, 5) is 27.4. The first-order valence-corrected chi connectivity index (χ1v) is 12.0. The van der Waals surface area contributed by atoms with Crippen molar-refractivity contribution in [3.05, 3.63) is 95.6 Å². The molecule has 0 bridgehead atoms. The fraction of sp³-hybridized carbons (Fsp3) is 0.310. The van der Waals surface area contributed by atoms with E-state index in [1.807, 2.05) is 65.6 Å². The molecule has 4 rings (SSSR count). The van der Waals surface area contributed by atoms with Gasteiger partial charge in [-0.05, 0) is 41.5 Å². The molecule has 0 aliphatic carbocycles. The highest BCUT2D eigenvalue weighted by Crippen LogP contribution is 2.37. The van der Waals surface area contributed by atoms with Crippen LogP contribution in [0.4, 0.5) is 5.69 Å². The summed E-state index contributed by atoms with van der Waals surface area (Å²) in [5.41, 5.74) is 4.17. The highest BCUT2D eigenvalue weighted by atomic mass is 16.5. The van der Waals surface area contributed by atoms with Crippen LogP contribution >= 0.6 is 0 Å². The van der Waals surface area contributed by atoms with Crippen molar-refractivity contribution in [2.24, 2.45) is 0 Å². The van der Waals surface area contributed by atoms with Crippen molar-refractivity contribution in [1.29, 1.82) is 0 Å². The van der Waals surface area contributed by atoms with Crippen LogP contribution in [-0.4, -0.2) is 31.5 Å². The number of rotatable bonds is 9. The number of nitrogens with zero attached hydrogens (tertiary/aromatic N) is 1. The van der Waals surface area contributed by atoms with Gasteiger partial charge in [0, 0.05) is 13.0 Å².